The maximum Gasteiger partial charge on any atom is 0.246 e. The molecule has 6 nitrogen and oxygen atoms in total. The van der Waals surface area contributed by atoms with E-state index in [1.54, 1.807) is 22.2 Å². The van der Waals surface area contributed by atoms with Gasteiger partial charge in [-0.05, 0) is 18.5 Å². The number of hydrogen-bond donors (Lipinski definition) is 1. The third kappa shape index (κ3) is 3.91. The van der Waals surface area contributed by atoms with Crippen LogP contribution in [0.2, 0.25) is 0 Å². The van der Waals surface area contributed by atoms with E-state index in [1.165, 1.54) is 10.5 Å². The molecule has 0 aromatic carbocycles. The van der Waals surface area contributed by atoms with Gasteiger partial charge in [0.1, 0.15) is 4.90 Å². The Morgan fingerprint density at radius 3 is 2.90 bits per heavy atom. The largest absolute Gasteiger partial charge is 0.318 e. The van der Waals surface area contributed by atoms with Crippen LogP contribution in [0.4, 0.5) is 0 Å². The second kappa shape index (κ2) is 7.17. The predicted molar refractivity (Wildman–Crippen MR) is 83.7 cm³/mol. The van der Waals surface area contributed by atoms with Gasteiger partial charge in [-0.2, -0.15) is 9.40 Å². The van der Waals surface area contributed by atoms with Gasteiger partial charge in [-0.15, -0.1) is 11.3 Å². The molecule has 0 saturated heterocycles. The summed E-state index contributed by atoms with van der Waals surface area (Å²) in [6, 6.07) is 3.87. The number of aromatic nitrogens is 2. The fourth-order valence-corrected chi connectivity index (χ4v) is 4.10. The van der Waals surface area contributed by atoms with Crippen LogP contribution in [0.25, 0.3) is 0 Å². The van der Waals surface area contributed by atoms with E-state index in [0.29, 0.717) is 19.6 Å². The van der Waals surface area contributed by atoms with Crippen molar-refractivity contribution in [1.29, 1.82) is 0 Å². The molecular formula is C13H20N4O2S2. The van der Waals surface area contributed by atoms with Gasteiger partial charge in [-0.3, -0.25) is 4.68 Å². The molecule has 0 aliphatic carbocycles. The van der Waals surface area contributed by atoms with E-state index in [1.807, 2.05) is 31.5 Å². The quantitative estimate of drug-likeness (QED) is 0.795. The third-order valence-corrected chi connectivity index (χ3v) is 5.84. The lowest BCUT2D eigenvalue weighted by Gasteiger charge is -2.18. The lowest BCUT2D eigenvalue weighted by atomic mass is 10.4. The van der Waals surface area contributed by atoms with Crippen molar-refractivity contribution in [2.45, 2.75) is 24.9 Å². The molecule has 0 radical (unpaired) electrons. The SMILES string of the molecule is CCN(Cc1cccs1)S(=O)(=O)c1cnn(CCNC)c1. The number of thiophene rings is 1. The molecule has 0 atom stereocenters. The first-order chi connectivity index (χ1) is 10.1. The van der Waals surface area contributed by atoms with Gasteiger partial charge < -0.3 is 5.32 Å². The molecule has 0 aliphatic rings. The van der Waals surface area contributed by atoms with Crippen LogP contribution >= 0.6 is 11.3 Å². The first kappa shape index (κ1) is 16.2. The van der Waals surface area contributed by atoms with Crippen molar-refractivity contribution in [2.24, 2.45) is 0 Å². The topological polar surface area (TPSA) is 67.2 Å². The molecule has 2 rings (SSSR count). The van der Waals surface area contributed by atoms with E-state index >= 15 is 0 Å². The Balaban J connectivity index is 2.16. The van der Waals surface area contributed by atoms with Crippen molar-refractivity contribution >= 4 is 21.4 Å². The van der Waals surface area contributed by atoms with E-state index in [9.17, 15) is 8.42 Å². The molecule has 0 unspecified atom stereocenters. The number of nitrogens with zero attached hydrogens (tertiary/aromatic N) is 3. The zero-order valence-corrected chi connectivity index (χ0v) is 13.8. The molecule has 2 aromatic rings. The number of nitrogens with one attached hydrogen (secondary N) is 1. The Bertz CT molecular complexity index is 650. The van der Waals surface area contributed by atoms with Crippen LogP contribution in [-0.4, -0.2) is 42.6 Å². The number of rotatable bonds is 8. The standard InChI is InChI=1S/C13H20N4O2S2/c1-3-17(10-12-5-4-8-20-12)21(18,19)13-9-15-16(11-13)7-6-14-2/h4-5,8-9,11,14H,3,6-7,10H2,1-2H3. The van der Waals surface area contributed by atoms with Crippen LogP contribution in [-0.2, 0) is 23.1 Å². The summed E-state index contributed by atoms with van der Waals surface area (Å²) in [5.74, 6) is 0. The van der Waals surface area contributed by atoms with Crippen molar-refractivity contribution < 1.29 is 8.42 Å². The van der Waals surface area contributed by atoms with Gasteiger partial charge in [0.15, 0.2) is 0 Å². The van der Waals surface area contributed by atoms with Crippen LogP contribution < -0.4 is 5.32 Å². The first-order valence-corrected chi connectivity index (χ1v) is 9.09. The van der Waals surface area contributed by atoms with Crippen molar-refractivity contribution in [1.82, 2.24) is 19.4 Å². The van der Waals surface area contributed by atoms with E-state index < -0.39 is 10.0 Å². The van der Waals surface area contributed by atoms with Crippen molar-refractivity contribution in [3.63, 3.8) is 0 Å². The van der Waals surface area contributed by atoms with Crippen molar-refractivity contribution in [2.75, 3.05) is 20.1 Å². The summed E-state index contributed by atoms with van der Waals surface area (Å²) in [6.07, 6.45) is 3.01. The monoisotopic (exact) mass is 328 g/mol. The molecule has 0 aliphatic heterocycles. The van der Waals surface area contributed by atoms with Gasteiger partial charge in [-0.1, -0.05) is 13.0 Å². The minimum Gasteiger partial charge on any atom is -0.318 e. The lowest BCUT2D eigenvalue weighted by molar-refractivity contribution is 0.426. The third-order valence-electron chi connectivity index (χ3n) is 3.10. The molecular weight excluding hydrogens is 308 g/mol. The molecule has 0 bridgehead atoms. The highest BCUT2D eigenvalue weighted by Crippen LogP contribution is 2.19. The summed E-state index contributed by atoms with van der Waals surface area (Å²) in [4.78, 5) is 1.28. The van der Waals surface area contributed by atoms with Crippen molar-refractivity contribution in [3.8, 4) is 0 Å². The van der Waals surface area contributed by atoms with Crippen LogP contribution in [0, 0.1) is 0 Å². The molecule has 0 spiro atoms. The van der Waals surface area contributed by atoms with Gasteiger partial charge in [-0.25, -0.2) is 8.42 Å². The second-order valence-corrected chi connectivity index (χ2v) is 7.52. The van der Waals surface area contributed by atoms with Gasteiger partial charge >= 0.3 is 0 Å². The summed E-state index contributed by atoms with van der Waals surface area (Å²) < 4.78 is 28.4. The molecule has 21 heavy (non-hydrogen) atoms. The van der Waals surface area contributed by atoms with E-state index in [-0.39, 0.29) is 4.90 Å². The smallest absolute Gasteiger partial charge is 0.246 e. The Morgan fingerprint density at radius 1 is 1.48 bits per heavy atom. The van der Waals surface area contributed by atoms with E-state index in [2.05, 4.69) is 10.4 Å². The molecule has 116 valence electrons. The fourth-order valence-electron chi connectivity index (χ4n) is 1.92. The molecule has 0 fully saturated rings. The summed E-state index contributed by atoms with van der Waals surface area (Å²) in [5.41, 5.74) is 0. The highest BCUT2D eigenvalue weighted by Gasteiger charge is 2.25. The molecule has 0 amide bonds. The highest BCUT2D eigenvalue weighted by atomic mass is 32.2. The second-order valence-electron chi connectivity index (χ2n) is 4.55. The van der Waals surface area contributed by atoms with Gasteiger partial charge in [0, 0.05) is 30.7 Å². The molecule has 0 saturated carbocycles. The lowest BCUT2D eigenvalue weighted by Crippen LogP contribution is -2.30. The Morgan fingerprint density at radius 2 is 2.29 bits per heavy atom. The number of sulfonamides is 1. The molecule has 8 heteroatoms. The van der Waals surface area contributed by atoms with Crippen LogP contribution in [0.15, 0.2) is 34.8 Å². The summed E-state index contributed by atoms with van der Waals surface area (Å²) >= 11 is 1.56. The van der Waals surface area contributed by atoms with Crippen LogP contribution in [0.3, 0.4) is 0 Å². The Labute approximate surface area is 129 Å². The number of hydrogen-bond acceptors (Lipinski definition) is 5. The molecule has 2 aromatic heterocycles. The minimum atomic E-state index is -3.50. The zero-order valence-electron chi connectivity index (χ0n) is 12.2. The van der Waals surface area contributed by atoms with Gasteiger partial charge in [0.05, 0.1) is 12.7 Å². The minimum absolute atomic E-state index is 0.247. The molecule has 1 N–H and O–H groups in total. The number of likely N-dealkylation sites (N-methyl/N-ethyl adjacent to an activating group) is 1. The Hall–Kier alpha value is -1.22. The fraction of sp³-hybridized carbons (Fsp3) is 0.462. The first-order valence-electron chi connectivity index (χ1n) is 6.77. The highest BCUT2D eigenvalue weighted by molar-refractivity contribution is 7.89. The maximum atomic E-state index is 12.6. The average molecular weight is 328 g/mol. The van der Waals surface area contributed by atoms with Gasteiger partial charge in [0.25, 0.3) is 0 Å². The summed E-state index contributed by atoms with van der Waals surface area (Å²) in [6.45, 7) is 4.06. The predicted octanol–water partition coefficient (Wildman–Crippen LogP) is 1.37. The van der Waals surface area contributed by atoms with E-state index in [4.69, 9.17) is 0 Å². The average Bonchev–Trinajstić information content (AvgIpc) is 3.13. The van der Waals surface area contributed by atoms with E-state index in [0.717, 1.165) is 11.4 Å². The summed E-state index contributed by atoms with van der Waals surface area (Å²) in [7, 11) is -1.65. The Kier molecular flexibility index (Phi) is 5.51. The van der Waals surface area contributed by atoms with Crippen molar-refractivity contribution in [3.05, 3.63) is 34.8 Å². The maximum absolute atomic E-state index is 12.6. The zero-order chi connectivity index (χ0) is 15.3. The van der Waals surface area contributed by atoms with Crippen LogP contribution in [0.1, 0.15) is 11.8 Å². The van der Waals surface area contributed by atoms with Crippen LogP contribution in [0.5, 0.6) is 0 Å². The normalized spacial score (nSPS) is 12.1. The van der Waals surface area contributed by atoms with Gasteiger partial charge in [0.2, 0.25) is 10.0 Å². The summed E-state index contributed by atoms with van der Waals surface area (Å²) in [5, 5.41) is 9.07. The molecule has 2 heterocycles.